The maximum atomic E-state index is 7.33. The van der Waals surface area contributed by atoms with Crippen LogP contribution in [0.5, 0.6) is 11.5 Å². The van der Waals surface area contributed by atoms with Gasteiger partial charge in [-0.2, -0.15) is 0 Å². The molecule has 304 valence electrons. The molecule has 0 N–H and O–H groups in total. The Kier molecular flexibility index (Phi) is 8.84. The molecule has 0 atom stereocenters. The molecule has 64 heavy (non-hydrogen) atoms. The highest BCUT2D eigenvalue weighted by Crippen LogP contribution is 2.55. The molecule has 3 heteroatoms. The number of nitrogens with zero attached hydrogens (tertiary/aromatic N) is 2. The second-order valence-corrected chi connectivity index (χ2v) is 17.3. The number of para-hydroxylation sites is 1. The van der Waals surface area contributed by atoms with Crippen LogP contribution in [0, 0.1) is 0 Å². The molecule has 10 aromatic rings. The molecule has 0 spiro atoms. The molecular weight excluding hydrogens is 777 g/mol. The Morgan fingerprint density at radius 3 is 1.50 bits per heavy atom. The Balaban J connectivity index is 0.999. The molecule has 0 radical (unpaired) electrons. The standard InChI is InChI=1S/C61H44N2O/c1-61(2)55-24-13-12-22-51(55)52-36-34-49(39-56(52)61)62(46-20-10-5-11-21-46)50-35-37-53-54-23-14-19-45-29-38-57(60(59(45)54)64-58(53)40-50)63(47-30-25-43(26-31-47)41-15-6-3-7-16-41)48-32-27-44(28-33-48)42-17-8-4-9-18-42/h3-40H,1-2H3. The van der Waals surface area contributed by atoms with E-state index >= 15 is 0 Å². The third kappa shape index (κ3) is 6.20. The minimum Gasteiger partial charge on any atom is -0.454 e. The van der Waals surface area contributed by atoms with Gasteiger partial charge in [-0.15, -0.1) is 0 Å². The van der Waals surface area contributed by atoms with E-state index in [0.29, 0.717) is 0 Å². The van der Waals surface area contributed by atoms with Crippen molar-refractivity contribution in [2.45, 2.75) is 19.3 Å². The quantitative estimate of drug-likeness (QED) is 0.152. The normalized spacial score (nSPS) is 12.8. The molecule has 1 heterocycles. The van der Waals surface area contributed by atoms with E-state index in [4.69, 9.17) is 4.74 Å². The number of hydrogen-bond donors (Lipinski definition) is 0. The third-order valence-corrected chi connectivity index (χ3v) is 13.2. The van der Waals surface area contributed by atoms with Crippen LogP contribution in [-0.4, -0.2) is 0 Å². The molecular formula is C61H44N2O. The molecule has 0 unspecified atom stereocenters. The van der Waals surface area contributed by atoms with Crippen molar-refractivity contribution in [1.29, 1.82) is 0 Å². The van der Waals surface area contributed by atoms with Gasteiger partial charge in [0.05, 0.1) is 5.69 Å². The Morgan fingerprint density at radius 2 is 0.844 bits per heavy atom. The molecule has 1 aliphatic heterocycles. The maximum Gasteiger partial charge on any atom is 0.159 e. The van der Waals surface area contributed by atoms with E-state index in [9.17, 15) is 0 Å². The largest absolute Gasteiger partial charge is 0.454 e. The highest BCUT2D eigenvalue weighted by Gasteiger charge is 2.36. The summed E-state index contributed by atoms with van der Waals surface area (Å²) in [5.74, 6) is 1.65. The van der Waals surface area contributed by atoms with E-state index in [1.54, 1.807) is 0 Å². The summed E-state index contributed by atoms with van der Waals surface area (Å²) in [7, 11) is 0. The van der Waals surface area contributed by atoms with E-state index in [2.05, 4.69) is 254 Å². The van der Waals surface area contributed by atoms with E-state index in [-0.39, 0.29) is 5.41 Å². The predicted octanol–water partition coefficient (Wildman–Crippen LogP) is 17.2. The van der Waals surface area contributed by atoms with Gasteiger partial charge < -0.3 is 14.5 Å². The Bertz CT molecular complexity index is 3280. The number of anilines is 6. The Morgan fingerprint density at radius 1 is 0.344 bits per heavy atom. The first-order valence-electron chi connectivity index (χ1n) is 22.1. The second-order valence-electron chi connectivity index (χ2n) is 17.3. The van der Waals surface area contributed by atoms with Crippen molar-refractivity contribution < 1.29 is 4.74 Å². The van der Waals surface area contributed by atoms with Gasteiger partial charge in [-0.05, 0) is 122 Å². The minimum absolute atomic E-state index is 0.127. The number of fused-ring (bicyclic) bond motifs is 5. The fourth-order valence-electron chi connectivity index (χ4n) is 10.1. The van der Waals surface area contributed by atoms with Gasteiger partial charge in [-0.1, -0.05) is 172 Å². The zero-order valence-corrected chi connectivity index (χ0v) is 35.7. The lowest BCUT2D eigenvalue weighted by Gasteiger charge is -2.32. The highest BCUT2D eigenvalue weighted by molar-refractivity contribution is 6.08. The monoisotopic (exact) mass is 820 g/mol. The van der Waals surface area contributed by atoms with Crippen LogP contribution in [0.1, 0.15) is 25.0 Å². The fourth-order valence-corrected chi connectivity index (χ4v) is 10.1. The average Bonchev–Trinajstić information content (AvgIpc) is 3.58. The number of rotatable bonds is 8. The summed E-state index contributed by atoms with van der Waals surface area (Å²) >= 11 is 0. The fraction of sp³-hybridized carbons (Fsp3) is 0.0492. The van der Waals surface area contributed by atoms with Gasteiger partial charge in [-0.3, -0.25) is 0 Å². The minimum atomic E-state index is -0.127. The molecule has 2 aliphatic rings. The first-order chi connectivity index (χ1) is 31.5. The molecule has 1 aliphatic carbocycles. The summed E-state index contributed by atoms with van der Waals surface area (Å²) < 4.78 is 7.33. The summed E-state index contributed by atoms with van der Waals surface area (Å²) in [5.41, 5.74) is 18.4. The van der Waals surface area contributed by atoms with Crippen molar-refractivity contribution in [3.05, 3.63) is 242 Å². The molecule has 12 rings (SSSR count). The second kappa shape index (κ2) is 15.0. The first-order valence-corrected chi connectivity index (χ1v) is 22.1. The van der Waals surface area contributed by atoms with Gasteiger partial charge in [0.15, 0.2) is 5.75 Å². The van der Waals surface area contributed by atoms with Gasteiger partial charge in [0.25, 0.3) is 0 Å². The van der Waals surface area contributed by atoms with Crippen molar-refractivity contribution in [1.82, 2.24) is 0 Å². The molecule has 0 fully saturated rings. The van der Waals surface area contributed by atoms with Gasteiger partial charge in [-0.25, -0.2) is 0 Å². The van der Waals surface area contributed by atoms with E-state index in [0.717, 1.165) is 67.5 Å². The van der Waals surface area contributed by atoms with Crippen molar-refractivity contribution in [3.8, 4) is 56.0 Å². The Labute approximate surface area is 374 Å². The smallest absolute Gasteiger partial charge is 0.159 e. The molecule has 0 saturated carbocycles. The van der Waals surface area contributed by atoms with Crippen molar-refractivity contribution in [3.63, 3.8) is 0 Å². The van der Waals surface area contributed by atoms with Crippen LogP contribution in [-0.2, 0) is 5.41 Å². The third-order valence-electron chi connectivity index (χ3n) is 13.2. The molecule has 0 aromatic heterocycles. The summed E-state index contributed by atoms with van der Waals surface area (Å²) in [6.45, 7) is 4.69. The van der Waals surface area contributed by atoms with Crippen LogP contribution in [0.15, 0.2) is 231 Å². The SMILES string of the molecule is CC1(C)c2ccccc2-c2ccc(N(c3ccccc3)c3ccc4c(c3)Oc3c(N(c5ccc(-c6ccccc6)cc5)c5ccc(-c6ccccc6)cc5)ccc5cccc-4c35)cc21. The van der Waals surface area contributed by atoms with Gasteiger partial charge in [0.1, 0.15) is 5.75 Å². The van der Waals surface area contributed by atoms with E-state index < -0.39 is 0 Å². The summed E-state index contributed by atoms with van der Waals surface area (Å²) in [5, 5.41) is 2.24. The van der Waals surface area contributed by atoms with Crippen LogP contribution >= 0.6 is 0 Å². The summed E-state index contributed by atoms with van der Waals surface area (Å²) in [6.07, 6.45) is 0. The van der Waals surface area contributed by atoms with E-state index in [1.165, 1.54) is 44.5 Å². The van der Waals surface area contributed by atoms with E-state index in [1.807, 2.05) is 0 Å². The van der Waals surface area contributed by atoms with Crippen molar-refractivity contribution in [2.75, 3.05) is 9.80 Å². The lowest BCUT2D eigenvalue weighted by atomic mass is 9.82. The van der Waals surface area contributed by atoms with Crippen LogP contribution in [0.3, 0.4) is 0 Å². The predicted molar refractivity (Wildman–Crippen MR) is 267 cm³/mol. The van der Waals surface area contributed by atoms with Crippen LogP contribution < -0.4 is 14.5 Å². The number of benzene rings is 10. The summed E-state index contributed by atoms with van der Waals surface area (Å²) in [4.78, 5) is 4.70. The van der Waals surface area contributed by atoms with Crippen LogP contribution in [0.4, 0.5) is 34.1 Å². The first kappa shape index (κ1) is 37.6. The van der Waals surface area contributed by atoms with Crippen molar-refractivity contribution >= 4 is 44.9 Å². The summed E-state index contributed by atoms with van der Waals surface area (Å²) in [6, 6.07) is 83.1. The zero-order valence-electron chi connectivity index (χ0n) is 35.7. The van der Waals surface area contributed by atoms with Gasteiger partial charge in [0, 0.05) is 50.9 Å². The molecule has 0 amide bonds. The van der Waals surface area contributed by atoms with Crippen molar-refractivity contribution in [2.24, 2.45) is 0 Å². The Hall–Kier alpha value is -8.14. The van der Waals surface area contributed by atoms with Crippen LogP contribution in [0.2, 0.25) is 0 Å². The number of hydrogen-bond acceptors (Lipinski definition) is 3. The zero-order chi connectivity index (χ0) is 42.8. The van der Waals surface area contributed by atoms with Crippen LogP contribution in [0.25, 0.3) is 55.3 Å². The average molecular weight is 821 g/mol. The highest BCUT2D eigenvalue weighted by atomic mass is 16.5. The topological polar surface area (TPSA) is 15.7 Å². The lowest BCUT2D eigenvalue weighted by molar-refractivity contribution is 0.488. The maximum absolute atomic E-state index is 7.33. The van der Waals surface area contributed by atoms with Gasteiger partial charge in [0.2, 0.25) is 0 Å². The lowest BCUT2D eigenvalue weighted by Crippen LogP contribution is -2.16. The molecule has 10 aromatic carbocycles. The molecule has 3 nitrogen and oxygen atoms in total. The number of ether oxygens (including phenoxy) is 1. The molecule has 0 saturated heterocycles. The van der Waals surface area contributed by atoms with Gasteiger partial charge >= 0.3 is 0 Å². The molecule has 0 bridgehead atoms.